The molecule has 6 nitrogen and oxygen atoms in total. The Morgan fingerprint density at radius 3 is 2.53 bits per heavy atom. The standard InChI is InChI=1S/C11H12O6/c1-7(12)15-4-3-10-9(5-11(14)17-10)6-16-8(2)13/h3,5H,4,6H2,1-2H3/b10-3-. The van der Waals surface area contributed by atoms with Crippen LogP contribution in [0.2, 0.25) is 0 Å². The Balaban J connectivity index is 2.59. The predicted molar refractivity (Wildman–Crippen MR) is 55.5 cm³/mol. The van der Waals surface area contributed by atoms with E-state index in [2.05, 4.69) is 4.74 Å². The zero-order chi connectivity index (χ0) is 12.8. The van der Waals surface area contributed by atoms with Gasteiger partial charge in [0.2, 0.25) is 0 Å². The Kier molecular flexibility index (Phi) is 4.45. The summed E-state index contributed by atoms with van der Waals surface area (Å²) in [6, 6.07) is 0. The van der Waals surface area contributed by atoms with Gasteiger partial charge in [-0.3, -0.25) is 9.59 Å². The number of hydrogen-bond acceptors (Lipinski definition) is 6. The first kappa shape index (κ1) is 13.0. The van der Waals surface area contributed by atoms with Crippen LogP contribution < -0.4 is 0 Å². The number of carbonyl (C=O) groups is 3. The fraction of sp³-hybridized carbons (Fsp3) is 0.364. The second-order valence-electron chi connectivity index (χ2n) is 3.24. The summed E-state index contributed by atoms with van der Waals surface area (Å²) in [5.41, 5.74) is 0.442. The van der Waals surface area contributed by atoms with Gasteiger partial charge in [0, 0.05) is 25.5 Å². The van der Waals surface area contributed by atoms with E-state index in [4.69, 9.17) is 9.47 Å². The summed E-state index contributed by atoms with van der Waals surface area (Å²) < 4.78 is 14.3. The average molecular weight is 240 g/mol. The Bertz CT molecular complexity index is 404. The van der Waals surface area contributed by atoms with Crippen LogP contribution in [0.15, 0.2) is 23.5 Å². The molecule has 0 saturated carbocycles. The molecule has 17 heavy (non-hydrogen) atoms. The largest absolute Gasteiger partial charge is 0.461 e. The van der Waals surface area contributed by atoms with Gasteiger partial charge in [0.15, 0.2) is 0 Å². The molecule has 0 aromatic rings. The lowest BCUT2D eigenvalue weighted by Gasteiger charge is -2.04. The van der Waals surface area contributed by atoms with Crippen LogP contribution in [0.3, 0.4) is 0 Å². The van der Waals surface area contributed by atoms with E-state index >= 15 is 0 Å². The Morgan fingerprint density at radius 2 is 1.94 bits per heavy atom. The Labute approximate surface area is 97.8 Å². The Morgan fingerprint density at radius 1 is 1.29 bits per heavy atom. The van der Waals surface area contributed by atoms with Crippen molar-refractivity contribution in [2.45, 2.75) is 13.8 Å². The van der Waals surface area contributed by atoms with Crippen molar-refractivity contribution in [2.24, 2.45) is 0 Å². The second kappa shape index (κ2) is 5.83. The molecule has 0 saturated heterocycles. The highest BCUT2D eigenvalue weighted by atomic mass is 16.6. The van der Waals surface area contributed by atoms with Crippen molar-refractivity contribution in [1.29, 1.82) is 0 Å². The number of cyclic esters (lactones) is 1. The highest BCUT2D eigenvalue weighted by Crippen LogP contribution is 2.19. The van der Waals surface area contributed by atoms with Crippen LogP contribution in [-0.2, 0) is 28.6 Å². The van der Waals surface area contributed by atoms with Crippen LogP contribution in [0.5, 0.6) is 0 Å². The molecule has 6 heteroatoms. The molecular weight excluding hydrogens is 228 g/mol. The van der Waals surface area contributed by atoms with Crippen molar-refractivity contribution >= 4 is 17.9 Å². The third kappa shape index (κ3) is 4.50. The number of rotatable bonds is 4. The van der Waals surface area contributed by atoms with E-state index < -0.39 is 17.9 Å². The lowest BCUT2D eigenvalue weighted by Crippen LogP contribution is -2.05. The molecule has 1 heterocycles. The van der Waals surface area contributed by atoms with Crippen LogP contribution in [0, 0.1) is 0 Å². The van der Waals surface area contributed by atoms with Gasteiger partial charge in [-0.15, -0.1) is 0 Å². The van der Waals surface area contributed by atoms with Gasteiger partial charge in [-0.1, -0.05) is 0 Å². The van der Waals surface area contributed by atoms with Crippen LogP contribution in [0.4, 0.5) is 0 Å². The quantitative estimate of drug-likeness (QED) is 0.525. The third-order valence-electron chi connectivity index (χ3n) is 1.81. The number of hydrogen-bond donors (Lipinski definition) is 0. The smallest absolute Gasteiger partial charge is 0.336 e. The summed E-state index contributed by atoms with van der Waals surface area (Å²) in [4.78, 5) is 32.2. The van der Waals surface area contributed by atoms with Crippen molar-refractivity contribution in [3.05, 3.63) is 23.5 Å². The summed E-state index contributed by atoms with van der Waals surface area (Å²) in [6.45, 7) is 2.48. The molecule has 0 aromatic heterocycles. The van der Waals surface area contributed by atoms with E-state index in [0.29, 0.717) is 5.57 Å². The molecule has 0 aliphatic carbocycles. The van der Waals surface area contributed by atoms with Gasteiger partial charge in [0.25, 0.3) is 0 Å². The first-order valence-corrected chi connectivity index (χ1v) is 4.88. The van der Waals surface area contributed by atoms with Gasteiger partial charge in [0.05, 0.1) is 0 Å². The normalized spacial score (nSPS) is 16.5. The van der Waals surface area contributed by atoms with Crippen LogP contribution in [0.25, 0.3) is 0 Å². The van der Waals surface area contributed by atoms with E-state index in [1.165, 1.54) is 26.0 Å². The summed E-state index contributed by atoms with van der Waals surface area (Å²) in [5.74, 6) is -1.18. The zero-order valence-electron chi connectivity index (χ0n) is 9.52. The van der Waals surface area contributed by atoms with Crippen molar-refractivity contribution < 1.29 is 28.6 Å². The van der Waals surface area contributed by atoms with E-state index in [-0.39, 0.29) is 19.0 Å². The molecule has 0 radical (unpaired) electrons. The molecule has 92 valence electrons. The average Bonchev–Trinajstić information content (AvgIpc) is 2.55. The van der Waals surface area contributed by atoms with Gasteiger partial charge < -0.3 is 14.2 Å². The minimum atomic E-state index is -0.541. The summed E-state index contributed by atoms with van der Waals surface area (Å²) in [7, 11) is 0. The van der Waals surface area contributed by atoms with Gasteiger partial charge in [-0.25, -0.2) is 4.79 Å². The minimum absolute atomic E-state index is 0.00461. The number of ether oxygens (including phenoxy) is 3. The first-order valence-electron chi connectivity index (χ1n) is 4.88. The Hall–Kier alpha value is -2.11. The minimum Gasteiger partial charge on any atom is -0.461 e. The third-order valence-corrected chi connectivity index (χ3v) is 1.81. The monoisotopic (exact) mass is 240 g/mol. The molecule has 0 amide bonds. The molecule has 0 bridgehead atoms. The predicted octanol–water partition coefficient (Wildman–Crippen LogP) is 0.480. The van der Waals surface area contributed by atoms with Gasteiger partial charge in [-0.2, -0.15) is 0 Å². The second-order valence-corrected chi connectivity index (χ2v) is 3.24. The molecular formula is C11H12O6. The molecule has 0 unspecified atom stereocenters. The number of carbonyl (C=O) groups excluding carboxylic acids is 3. The maximum Gasteiger partial charge on any atom is 0.336 e. The fourth-order valence-electron chi connectivity index (χ4n) is 1.12. The van der Waals surface area contributed by atoms with Gasteiger partial charge in [-0.05, 0) is 6.08 Å². The SMILES string of the molecule is CC(=O)OC/C=C1\OC(=O)C=C1COC(C)=O. The lowest BCUT2D eigenvalue weighted by molar-refractivity contribution is -0.140. The highest BCUT2D eigenvalue weighted by molar-refractivity contribution is 5.88. The van der Waals surface area contributed by atoms with Crippen molar-refractivity contribution in [1.82, 2.24) is 0 Å². The fourth-order valence-corrected chi connectivity index (χ4v) is 1.12. The molecule has 0 N–H and O–H groups in total. The van der Waals surface area contributed by atoms with E-state index in [9.17, 15) is 14.4 Å². The first-order chi connectivity index (χ1) is 7.99. The maximum atomic E-state index is 11.0. The van der Waals surface area contributed by atoms with Crippen LogP contribution >= 0.6 is 0 Å². The molecule has 1 rings (SSSR count). The van der Waals surface area contributed by atoms with Crippen molar-refractivity contribution in [3.63, 3.8) is 0 Å². The summed E-state index contributed by atoms with van der Waals surface area (Å²) in [5, 5.41) is 0. The van der Waals surface area contributed by atoms with E-state index in [1.807, 2.05) is 0 Å². The zero-order valence-corrected chi connectivity index (χ0v) is 9.52. The van der Waals surface area contributed by atoms with Crippen molar-refractivity contribution in [2.75, 3.05) is 13.2 Å². The summed E-state index contributed by atoms with van der Waals surface area (Å²) >= 11 is 0. The molecule has 0 fully saturated rings. The maximum absolute atomic E-state index is 11.0. The lowest BCUT2D eigenvalue weighted by atomic mass is 10.2. The molecule has 0 spiro atoms. The highest BCUT2D eigenvalue weighted by Gasteiger charge is 2.20. The number of esters is 3. The van der Waals surface area contributed by atoms with Crippen LogP contribution in [0.1, 0.15) is 13.8 Å². The van der Waals surface area contributed by atoms with Gasteiger partial charge >= 0.3 is 17.9 Å². The summed E-state index contributed by atoms with van der Waals surface area (Å²) in [6.07, 6.45) is 2.66. The van der Waals surface area contributed by atoms with Crippen molar-refractivity contribution in [3.8, 4) is 0 Å². The molecule has 1 aliphatic rings. The molecule has 0 aromatic carbocycles. The molecule has 1 aliphatic heterocycles. The molecule has 0 atom stereocenters. The topological polar surface area (TPSA) is 78.9 Å². The van der Waals surface area contributed by atoms with Crippen LogP contribution in [-0.4, -0.2) is 31.1 Å². The van der Waals surface area contributed by atoms with E-state index in [1.54, 1.807) is 0 Å². The van der Waals surface area contributed by atoms with E-state index in [0.717, 1.165) is 0 Å². The van der Waals surface area contributed by atoms with Gasteiger partial charge in [0.1, 0.15) is 19.0 Å².